The van der Waals surface area contributed by atoms with Gasteiger partial charge in [0.25, 0.3) is 5.91 Å². The molecule has 0 bridgehead atoms. The second-order valence-electron chi connectivity index (χ2n) is 6.10. The second kappa shape index (κ2) is 8.73. The van der Waals surface area contributed by atoms with Gasteiger partial charge in [-0.3, -0.25) is 19.3 Å². The van der Waals surface area contributed by atoms with Crippen LogP contribution in [0.3, 0.4) is 0 Å². The summed E-state index contributed by atoms with van der Waals surface area (Å²) >= 11 is 1.44. The molecule has 0 aliphatic carbocycles. The van der Waals surface area contributed by atoms with E-state index >= 15 is 0 Å². The molecule has 2 amide bonds. The molecule has 1 N–H and O–H groups in total. The van der Waals surface area contributed by atoms with E-state index in [4.69, 9.17) is 4.74 Å². The van der Waals surface area contributed by atoms with Gasteiger partial charge in [-0.25, -0.2) is 0 Å². The molecular weight excluding hydrogens is 364 g/mol. The topological polar surface area (TPSA) is 75.7 Å². The lowest BCUT2D eigenvalue weighted by molar-refractivity contribution is -0.147. The molecule has 2 aromatic rings. The van der Waals surface area contributed by atoms with Crippen LogP contribution >= 0.6 is 11.8 Å². The number of thioether (sulfide) groups is 1. The third-order valence-corrected chi connectivity index (χ3v) is 5.24. The molecule has 0 spiro atoms. The Balaban J connectivity index is 1.49. The average Bonchev–Trinajstić information content (AvgIpc) is 2.68. The molecule has 27 heavy (non-hydrogen) atoms. The average molecular weight is 384 g/mol. The SMILES string of the molecule is Cc1ccccc1CNC(=O)COC(=O)CN1C(=O)CSc2ccccc21. The van der Waals surface area contributed by atoms with E-state index in [1.165, 1.54) is 16.7 Å². The van der Waals surface area contributed by atoms with Gasteiger partial charge in [-0.1, -0.05) is 36.4 Å². The molecule has 0 saturated heterocycles. The molecule has 3 rings (SSSR count). The summed E-state index contributed by atoms with van der Waals surface area (Å²) < 4.78 is 5.04. The van der Waals surface area contributed by atoms with Gasteiger partial charge in [0.1, 0.15) is 6.54 Å². The van der Waals surface area contributed by atoms with Crippen LogP contribution in [0.15, 0.2) is 53.4 Å². The van der Waals surface area contributed by atoms with Gasteiger partial charge in [0.05, 0.1) is 11.4 Å². The van der Waals surface area contributed by atoms with Crippen LogP contribution in [-0.2, 0) is 25.7 Å². The van der Waals surface area contributed by atoms with Crippen molar-refractivity contribution in [3.63, 3.8) is 0 Å². The molecule has 7 heteroatoms. The normalized spacial score (nSPS) is 13.1. The minimum atomic E-state index is -0.615. The van der Waals surface area contributed by atoms with Crippen LogP contribution in [0.2, 0.25) is 0 Å². The Morgan fingerprint density at radius 2 is 1.89 bits per heavy atom. The Morgan fingerprint density at radius 1 is 1.15 bits per heavy atom. The van der Waals surface area contributed by atoms with Crippen LogP contribution in [0, 0.1) is 6.92 Å². The maximum absolute atomic E-state index is 12.1. The minimum Gasteiger partial charge on any atom is -0.454 e. The number of hydrogen-bond acceptors (Lipinski definition) is 5. The standard InChI is InChI=1S/C20H20N2O4S/c1-14-6-2-3-7-15(14)10-21-18(23)12-26-20(25)11-22-16-8-4-5-9-17(16)27-13-19(22)24/h2-9H,10-13H2,1H3,(H,21,23). The number of nitrogens with zero attached hydrogens (tertiary/aromatic N) is 1. The highest BCUT2D eigenvalue weighted by molar-refractivity contribution is 8.00. The number of esters is 1. The number of nitrogens with one attached hydrogen (secondary N) is 1. The fraction of sp³-hybridized carbons (Fsp3) is 0.250. The molecule has 0 fully saturated rings. The Morgan fingerprint density at radius 3 is 2.70 bits per heavy atom. The van der Waals surface area contributed by atoms with Crippen molar-refractivity contribution in [3.8, 4) is 0 Å². The summed E-state index contributed by atoms with van der Waals surface area (Å²) in [5.74, 6) is -0.871. The summed E-state index contributed by atoms with van der Waals surface area (Å²) in [7, 11) is 0. The van der Waals surface area contributed by atoms with Gasteiger partial charge in [0, 0.05) is 11.4 Å². The van der Waals surface area contributed by atoms with E-state index in [-0.39, 0.29) is 30.7 Å². The maximum atomic E-state index is 12.1. The number of anilines is 1. The zero-order chi connectivity index (χ0) is 19.2. The lowest BCUT2D eigenvalue weighted by Gasteiger charge is -2.27. The number of rotatable bonds is 6. The zero-order valence-corrected chi connectivity index (χ0v) is 15.8. The van der Waals surface area contributed by atoms with Crippen LogP contribution in [0.25, 0.3) is 0 Å². The highest BCUT2D eigenvalue weighted by atomic mass is 32.2. The summed E-state index contributed by atoms with van der Waals surface area (Å²) in [5.41, 5.74) is 2.78. The molecule has 0 unspecified atom stereocenters. The quantitative estimate of drug-likeness (QED) is 0.774. The number of amides is 2. The van der Waals surface area contributed by atoms with E-state index in [0.717, 1.165) is 16.0 Å². The fourth-order valence-electron chi connectivity index (χ4n) is 2.70. The minimum absolute atomic E-state index is 0.153. The van der Waals surface area contributed by atoms with Crippen LogP contribution in [0.5, 0.6) is 0 Å². The molecule has 2 aromatic carbocycles. The highest BCUT2D eigenvalue weighted by Gasteiger charge is 2.26. The largest absolute Gasteiger partial charge is 0.454 e. The van der Waals surface area contributed by atoms with Gasteiger partial charge in [-0.05, 0) is 30.2 Å². The number of para-hydroxylation sites is 1. The molecule has 6 nitrogen and oxygen atoms in total. The van der Waals surface area contributed by atoms with Crippen molar-refractivity contribution in [3.05, 3.63) is 59.7 Å². The second-order valence-corrected chi connectivity index (χ2v) is 7.12. The predicted molar refractivity (Wildman–Crippen MR) is 104 cm³/mol. The van der Waals surface area contributed by atoms with Crippen LogP contribution < -0.4 is 10.2 Å². The number of hydrogen-bond donors (Lipinski definition) is 1. The van der Waals surface area contributed by atoms with E-state index < -0.39 is 5.97 Å². The zero-order valence-electron chi connectivity index (χ0n) is 14.9. The van der Waals surface area contributed by atoms with Crippen LogP contribution in [0.1, 0.15) is 11.1 Å². The van der Waals surface area contributed by atoms with Crippen molar-refractivity contribution < 1.29 is 19.1 Å². The van der Waals surface area contributed by atoms with Gasteiger partial charge in [0.2, 0.25) is 5.91 Å². The first kappa shape index (κ1) is 19.0. The third-order valence-electron chi connectivity index (χ3n) is 4.20. The first-order valence-corrected chi connectivity index (χ1v) is 9.52. The first-order valence-electron chi connectivity index (χ1n) is 8.53. The Kier molecular flexibility index (Phi) is 6.13. The van der Waals surface area contributed by atoms with E-state index in [1.807, 2.05) is 49.4 Å². The maximum Gasteiger partial charge on any atom is 0.326 e. The van der Waals surface area contributed by atoms with Crippen LogP contribution in [-0.4, -0.2) is 36.7 Å². The Bertz CT molecular complexity index is 869. The van der Waals surface area contributed by atoms with Gasteiger partial charge >= 0.3 is 5.97 Å². The van der Waals surface area contributed by atoms with Crippen molar-refractivity contribution in [1.29, 1.82) is 0 Å². The molecule has 1 aliphatic rings. The van der Waals surface area contributed by atoms with E-state index in [9.17, 15) is 14.4 Å². The van der Waals surface area contributed by atoms with Gasteiger partial charge in [-0.15, -0.1) is 11.8 Å². The number of ether oxygens (including phenoxy) is 1. The summed E-state index contributed by atoms with van der Waals surface area (Å²) in [6.07, 6.45) is 0. The smallest absolute Gasteiger partial charge is 0.326 e. The number of aryl methyl sites for hydroxylation is 1. The first-order chi connectivity index (χ1) is 13.0. The lowest BCUT2D eigenvalue weighted by Crippen LogP contribution is -2.40. The monoisotopic (exact) mass is 384 g/mol. The summed E-state index contributed by atoms with van der Waals surface area (Å²) in [6.45, 7) is 1.76. The summed E-state index contributed by atoms with van der Waals surface area (Å²) in [5, 5.41) is 2.72. The summed E-state index contributed by atoms with van der Waals surface area (Å²) in [6, 6.07) is 15.1. The van der Waals surface area contributed by atoms with Crippen molar-refractivity contribution in [1.82, 2.24) is 5.32 Å². The summed E-state index contributed by atoms with van der Waals surface area (Å²) in [4.78, 5) is 38.5. The van der Waals surface area contributed by atoms with Crippen LogP contribution in [0.4, 0.5) is 5.69 Å². The predicted octanol–water partition coefficient (Wildman–Crippen LogP) is 2.29. The van der Waals surface area contributed by atoms with Gasteiger partial charge in [0.15, 0.2) is 6.61 Å². The van der Waals surface area contributed by atoms with E-state index in [2.05, 4.69) is 5.32 Å². The van der Waals surface area contributed by atoms with E-state index in [1.54, 1.807) is 6.07 Å². The fourth-order valence-corrected chi connectivity index (χ4v) is 3.64. The number of fused-ring (bicyclic) bond motifs is 1. The molecule has 0 atom stereocenters. The number of carbonyl (C=O) groups excluding carboxylic acids is 3. The Labute approximate surface area is 161 Å². The van der Waals surface area contributed by atoms with Crippen molar-refractivity contribution in [2.24, 2.45) is 0 Å². The van der Waals surface area contributed by atoms with Crippen molar-refractivity contribution in [2.45, 2.75) is 18.4 Å². The van der Waals surface area contributed by atoms with E-state index in [0.29, 0.717) is 12.2 Å². The molecular formula is C20H20N2O4S. The molecule has 0 aromatic heterocycles. The molecule has 140 valence electrons. The highest BCUT2D eigenvalue weighted by Crippen LogP contribution is 2.34. The lowest BCUT2D eigenvalue weighted by atomic mass is 10.1. The third kappa shape index (κ3) is 4.89. The number of carbonyl (C=O) groups is 3. The molecule has 0 saturated carbocycles. The molecule has 1 aliphatic heterocycles. The molecule has 1 heterocycles. The van der Waals surface area contributed by atoms with Crippen molar-refractivity contribution in [2.75, 3.05) is 23.8 Å². The number of benzene rings is 2. The van der Waals surface area contributed by atoms with Gasteiger partial charge in [-0.2, -0.15) is 0 Å². The molecule has 0 radical (unpaired) electrons. The van der Waals surface area contributed by atoms with Gasteiger partial charge < -0.3 is 10.1 Å². The van der Waals surface area contributed by atoms with Crippen molar-refractivity contribution >= 4 is 35.2 Å². The Hall–Kier alpha value is -2.80.